The van der Waals surface area contributed by atoms with Crippen LogP contribution in [-0.4, -0.2) is 56.6 Å². The number of benzene rings is 2. The second-order valence-corrected chi connectivity index (χ2v) is 7.39. The predicted octanol–water partition coefficient (Wildman–Crippen LogP) is 1.49. The Kier molecular flexibility index (Phi) is 7.14. The van der Waals surface area contributed by atoms with E-state index in [-0.39, 0.29) is 0 Å². The Morgan fingerprint density at radius 2 is 1.07 bits per heavy atom. The Hall–Kier alpha value is -1.76. The van der Waals surface area contributed by atoms with E-state index in [1.54, 1.807) is 0 Å². The molecule has 0 fully saturated rings. The normalized spacial score (nSPS) is 16.2. The van der Waals surface area contributed by atoms with Crippen LogP contribution >= 0.6 is 0 Å². The topological polar surface area (TPSA) is 101 Å². The second kappa shape index (κ2) is 8.95. The summed E-state index contributed by atoms with van der Waals surface area (Å²) in [5.41, 5.74) is 5.95. The van der Waals surface area contributed by atoms with E-state index < -0.39 is 36.9 Å². The summed E-state index contributed by atoms with van der Waals surface area (Å²) in [6.45, 7) is 7.24. The summed E-state index contributed by atoms with van der Waals surface area (Å²) < 4.78 is 0. The number of aryl methyl sites for hydroxylation is 4. The van der Waals surface area contributed by atoms with Crippen molar-refractivity contribution in [1.29, 1.82) is 0 Å². The molecule has 0 aliphatic heterocycles. The summed E-state index contributed by atoms with van der Waals surface area (Å²) in [6.07, 6.45) is -6.19. The number of rotatable bonds is 7. The van der Waals surface area contributed by atoms with Gasteiger partial charge in [-0.15, -0.1) is 0 Å². The maximum Gasteiger partial charge on any atom is 0.111 e. The van der Waals surface area contributed by atoms with Gasteiger partial charge in [0.25, 0.3) is 0 Å². The monoisotopic (exact) mass is 374 g/mol. The van der Waals surface area contributed by atoms with Crippen LogP contribution in [0.5, 0.6) is 0 Å². The molecular formula is C22H30O5. The Morgan fingerprint density at radius 1 is 0.630 bits per heavy atom. The molecule has 5 heteroatoms. The molecule has 2 rings (SSSR count). The summed E-state index contributed by atoms with van der Waals surface area (Å²) >= 11 is 0. The first-order valence-electron chi connectivity index (χ1n) is 9.14. The number of hydrogen-bond donors (Lipinski definition) is 5. The van der Waals surface area contributed by atoms with Crippen molar-refractivity contribution in [3.05, 3.63) is 69.8 Å². The molecule has 27 heavy (non-hydrogen) atoms. The SMILES string of the molecule is Cc1ccc(C(c2ccc(C)c(C)c2)[C@H](O)[C@H](O)[C@H](O)[C@H](O)CO)cc1C. The first kappa shape index (κ1) is 21.5. The van der Waals surface area contributed by atoms with Crippen LogP contribution in [0.1, 0.15) is 39.3 Å². The highest BCUT2D eigenvalue weighted by molar-refractivity contribution is 5.41. The molecule has 4 atom stereocenters. The molecule has 148 valence electrons. The van der Waals surface area contributed by atoms with Gasteiger partial charge in [-0.3, -0.25) is 0 Å². The van der Waals surface area contributed by atoms with E-state index in [4.69, 9.17) is 5.11 Å². The first-order valence-corrected chi connectivity index (χ1v) is 9.14. The first-order chi connectivity index (χ1) is 12.7. The van der Waals surface area contributed by atoms with Crippen LogP contribution in [0.15, 0.2) is 36.4 Å². The average Bonchev–Trinajstić information content (AvgIpc) is 2.65. The number of aliphatic hydroxyl groups is 5. The summed E-state index contributed by atoms with van der Waals surface area (Å²) in [6, 6.07) is 11.6. The third-order valence-corrected chi connectivity index (χ3v) is 5.40. The maximum atomic E-state index is 10.9. The molecule has 0 aromatic heterocycles. The van der Waals surface area contributed by atoms with Crippen LogP contribution in [0.3, 0.4) is 0 Å². The zero-order chi connectivity index (χ0) is 20.3. The third kappa shape index (κ3) is 4.75. The van der Waals surface area contributed by atoms with Gasteiger partial charge in [0.2, 0.25) is 0 Å². The number of aliphatic hydroxyl groups excluding tert-OH is 5. The van der Waals surface area contributed by atoms with Crippen molar-refractivity contribution in [2.45, 2.75) is 58.0 Å². The number of hydrogen-bond acceptors (Lipinski definition) is 5. The molecule has 2 aromatic rings. The largest absolute Gasteiger partial charge is 0.394 e. The van der Waals surface area contributed by atoms with Crippen molar-refractivity contribution in [3.63, 3.8) is 0 Å². The molecule has 0 aliphatic carbocycles. The Bertz CT molecular complexity index is 722. The van der Waals surface area contributed by atoms with E-state index in [1.165, 1.54) is 0 Å². The van der Waals surface area contributed by atoms with E-state index >= 15 is 0 Å². The quantitative estimate of drug-likeness (QED) is 0.505. The van der Waals surface area contributed by atoms with E-state index in [1.807, 2.05) is 64.1 Å². The minimum Gasteiger partial charge on any atom is -0.394 e. The van der Waals surface area contributed by atoms with Gasteiger partial charge in [-0.25, -0.2) is 0 Å². The third-order valence-electron chi connectivity index (χ3n) is 5.40. The van der Waals surface area contributed by atoms with Gasteiger partial charge in [0.05, 0.1) is 12.7 Å². The molecular weight excluding hydrogens is 344 g/mol. The lowest BCUT2D eigenvalue weighted by molar-refractivity contribution is -0.117. The fraction of sp³-hybridized carbons (Fsp3) is 0.455. The van der Waals surface area contributed by atoms with E-state index in [9.17, 15) is 20.4 Å². The maximum absolute atomic E-state index is 10.9. The van der Waals surface area contributed by atoms with Gasteiger partial charge in [-0.1, -0.05) is 36.4 Å². The van der Waals surface area contributed by atoms with Gasteiger partial charge >= 0.3 is 0 Å². The molecule has 0 spiro atoms. The highest BCUT2D eigenvalue weighted by atomic mass is 16.4. The van der Waals surface area contributed by atoms with E-state index in [2.05, 4.69) is 0 Å². The summed E-state index contributed by atoms with van der Waals surface area (Å²) in [4.78, 5) is 0. The second-order valence-electron chi connectivity index (χ2n) is 7.39. The van der Waals surface area contributed by atoms with Crippen molar-refractivity contribution in [3.8, 4) is 0 Å². The molecule has 0 unspecified atom stereocenters. The lowest BCUT2D eigenvalue weighted by atomic mass is 9.81. The molecule has 0 aliphatic rings. The van der Waals surface area contributed by atoms with Crippen molar-refractivity contribution in [2.75, 3.05) is 6.61 Å². The van der Waals surface area contributed by atoms with E-state index in [0.717, 1.165) is 33.4 Å². The van der Waals surface area contributed by atoms with Crippen LogP contribution in [-0.2, 0) is 0 Å². The Morgan fingerprint density at radius 3 is 1.44 bits per heavy atom. The van der Waals surface area contributed by atoms with Gasteiger partial charge in [0.15, 0.2) is 0 Å². The van der Waals surface area contributed by atoms with Crippen molar-refractivity contribution in [2.24, 2.45) is 0 Å². The van der Waals surface area contributed by atoms with E-state index in [0.29, 0.717) is 0 Å². The molecule has 0 heterocycles. The molecule has 0 saturated heterocycles. The van der Waals surface area contributed by atoms with Crippen molar-refractivity contribution >= 4 is 0 Å². The molecule has 0 amide bonds. The van der Waals surface area contributed by atoms with Crippen molar-refractivity contribution in [1.82, 2.24) is 0 Å². The molecule has 5 nitrogen and oxygen atoms in total. The standard InChI is InChI=1S/C22H30O5/c1-12-5-7-16(9-14(12)3)19(17-8-6-13(2)15(4)10-17)21(26)22(27)20(25)18(24)11-23/h5-10,18-27H,11H2,1-4H3/t18-,20-,21+,22-/m1/s1. The highest BCUT2D eigenvalue weighted by Crippen LogP contribution is 2.33. The minimum absolute atomic E-state index is 0.598. The average molecular weight is 374 g/mol. The van der Waals surface area contributed by atoms with Gasteiger partial charge < -0.3 is 25.5 Å². The van der Waals surface area contributed by atoms with Crippen LogP contribution in [0.4, 0.5) is 0 Å². The highest BCUT2D eigenvalue weighted by Gasteiger charge is 2.36. The Labute approximate surface area is 160 Å². The van der Waals surface area contributed by atoms with Crippen LogP contribution in [0, 0.1) is 27.7 Å². The van der Waals surface area contributed by atoms with Gasteiger partial charge in [-0.05, 0) is 61.1 Å². The van der Waals surface area contributed by atoms with Gasteiger partial charge in [-0.2, -0.15) is 0 Å². The minimum atomic E-state index is -1.66. The summed E-state index contributed by atoms with van der Waals surface area (Å²) in [5, 5.41) is 50.1. The Balaban J connectivity index is 2.51. The fourth-order valence-electron chi connectivity index (χ4n) is 3.24. The lowest BCUT2D eigenvalue weighted by Crippen LogP contribution is -2.48. The molecule has 0 radical (unpaired) electrons. The molecule has 0 bridgehead atoms. The predicted molar refractivity (Wildman–Crippen MR) is 105 cm³/mol. The zero-order valence-electron chi connectivity index (χ0n) is 16.3. The molecule has 0 saturated carbocycles. The molecule has 5 N–H and O–H groups in total. The summed E-state index contributed by atoms with van der Waals surface area (Å²) in [7, 11) is 0. The van der Waals surface area contributed by atoms with Gasteiger partial charge in [0.1, 0.15) is 18.3 Å². The fourth-order valence-corrected chi connectivity index (χ4v) is 3.24. The summed E-state index contributed by atoms with van der Waals surface area (Å²) in [5.74, 6) is -0.598. The molecule has 2 aromatic carbocycles. The lowest BCUT2D eigenvalue weighted by Gasteiger charge is -2.32. The van der Waals surface area contributed by atoms with Crippen LogP contribution in [0.2, 0.25) is 0 Å². The smallest absolute Gasteiger partial charge is 0.111 e. The van der Waals surface area contributed by atoms with Crippen LogP contribution < -0.4 is 0 Å². The zero-order valence-corrected chi connectivity index (χ0v) is 16.3. The van der Waals surface area contributed by atoms with Crippen molar-refractivity contribution < 1.29 is 25.5 Å². The van der Waals surface area contributed by atoms with Crippen LogP contribution in [0.25, 0.3) is 0 Å². The van der Waals surface area contributed by atoms with Gasteiger partial charge in [0, 0.05) is 5.92 Å².